The fraction of sp³-hybridized carbons (Fsp3) is 0.462. The largest absolute Gasteiger partial charge is 0.508 e. The minimum absolute atomic E-state index is 0.0000463. The molecule has 0 radical (unpaired) electrons. The standard InChI is InChI=1S/C13H17NO3/c15-11-6-3-7-12(8-11)17-9-13(16)14-10-4-1-2-5-10/h3,6-8,10,15H,1-2,4-5,9H2,(H,14,16). The molecule has 1 fully saturated rings. The molecule has 2 rings (SSSR count). The van der Waals surface area contributed by atoms with E-state index >= 15 is 0 Å². The number of carbonyl (C=O) groups is 1. The summed E-state index contributed by atoms with van der Waals surface area (Å²) in [4.78, 5) is 11.6. The Morgan fingerprint density at radius 3 is 2.88 bits per heavy atom. The number of rotatable bonds is 4. The van der Waals surface area contributed by atoms with Crippen molar-refractivity contribution >= 4 is 5.91 Å². The summed E-state index contributed by atoms with van der Waals surface area (Å²) in [5, 5.41) is 12.2. The lowest BCUT2D eigenvalue weighted by molar-refractivity contribution is -0.123. The zero-order valence-electron chi connectivity index (χ0n) is 9.69. The molecule has 1 aliphatic carbocycles. The van der Waals surface area contributed by atoms with Crippen LogP contribution in [0.2, 0.25) is 0 Å². The number of aromatic hydroxyl groups is 1. The summed E-state index contributed by atoms with van der Waals surface area (Å²) in [6.07, 6.45) is 4.52. The molecular weight excluding hydrogens is 218 g/mol. The van der Waals surface area contributed by atoms with E-state index in [0.717, 1.165) is 12.8 Å². The summed E-state index contributed by atoms with van der Waals surface area (Å²) in [5.74, 6) is 0.547. The smallest absolute Gasteiger partial charge is 0.258 e. The van der Waals surface area contributed by atoms with Gasteiger partial charge < -0.3 is 15.2 Å². The van der Waals surface area contributed by atoms with Crippen molar-refractivity contribution in [2.45, 2.75) is 31.7 Å². The van der Waals surface area contributed by atoms with Crippen molar-refractivity contribution in [3.63, 3.8) is 0 Å². The van der Waals surface area contributed by atoms with Gasteiger partial charge >= 0.3 is 0 Å². The van der Waals surface area contributed by atoms with Crippen LogP contribution < -0.4 is 10.1 Å². The van der Waals surface area contributed by atoms with E-state index in [-0.39, 0.29) is 18.3 Å². The van der Waals surface area contributed by atoms with Crippen molar-refractivity contribution in [3.8, 4) is 11.5 Å². The Balaban J connectivity index is 1.75. The van der Waals surface area contributed by atoms with Gasteiger partial charge in [-0.25, -0.2) is 0 Å². The predicted molar refractivity (Wildman–Crippen MR) is 64.0 cm³/mol. The zero-order chi connectivity index (χ0) is 12.1. The predicted octanol–water partition coefficient (Wildman–Crippen LogP) is 1.83. The molecule has 1 saturated carbocycles. The first kappa shape index (κ1) is 11.8. The van der Waals surface area contributed by atoms with Gasteiger partial charge in [-0.05, 0) is 25.0 Å². The van der Waals surface area contributed by atoms with Crippen LogP contribution in [0.25, 0.3) is 0 Å². The lowest BCUT2D eigenvalue weighted by Gasteiger charge is -2.12. The molecule has 4 heteroatoms. The van der Waals surface area contributed by atoms with E-state index in [4.69, 9.17) is 4.74 Å². The van der Waals surface area contributed by atoms with Crippen molar-refractivity contribution in [2.24, 2.45) is 0 Å². The van der Waals surface area contributed by atoms with Gasteiger partial charge in [0.05, 0.1) is 0 Å². The molecule has 1 aliphatic rings. The van der Waals surface area contributed by atoms with E-state index in [1.807, 2.05) is 0 Å². The summed E-state index contributed by atoms with van der Waals surface area (Å²) in [6.45, 7) is -0.0000463. The summed E-state index contributed by atoms with van der Waals surface area (Å²) in [6, 6.07) is 6.76. The van der Waals surface area contributed by atoms with Crippen molar-refractivity contribution in [1.29, 1.82) is 0 Å². The maximum Gasteiger partial charge on any atom is 0.258 e. The molecule has 0 aliphatic heterocycles. The second-order valence-corrected chi connectivity index (χ2v) is 4.33. The van der Waals surface area contributed by atoms with E-state index in [0.29, 0.717) is 11.8 Å². The summed E-state index contributed by atoms with van der Waals surface area (Å²) >= 11 is 0. The number of hydrogen-bond donors (Lipinski definition) is 2. The van der Waals surface area contributed by atoms with Gasteiger partial charge in [-0.2, -0.15) is 0 Å². The maximum atomic E-state index is 11.6. The normalized spacial score (nSPS) is 15.8. The zero-order valence-corrected chi connectivity index (χ0v) is 9.69. The molecule has 0 bridgehead atoms. The van der Waals surface area contributed by atoms with Crippen LogP contribution in [-0.4, -0.2) is 23.7 Å². The molecule has 0 atom stereocenters. The first-order valence-corrected chi connectivity index (χ1v) is 5.95. The minimum atomic E-state index is -0.0970. The van der Waals surface area contributed by atoms with Gasteiger partial charge in [-0.1, -0.05) is 18.9 Å². The topological polar surface area (TPSA) is 58.6 Å². The first-order chi connectivity index (χ1) is 8.24. The number of amides is 1. The molecular formula is C13H17NO3. The van der Waals surface area contributed by atoms with E-state index in [1.165, 1.54) is 18.9 Å². The van der Waals surface area contributed by atoms with Crippen LogP contribution in [0.5, 0.6) is 11.5 Å². The molecule has 0 heterocycles. The maximum absolute atomic E-state index is 11.6. The van der Waals surface area contributed by atoms with Gasteiger partial charge in [-0.15, -0.1) is 0 Å². The average Bonchev–Trinajstić information content (AvgIpc) is 2.79. The molecule has 1 aromatic rings. The number of phenolic OH excluding ortho intramolecular Hbond substituents is 1. The second kappa shape index (κ2) is 5.57. The highest BCUT2D eigenvalue weighted by Crippen LogP contribution is 2.18. The molecule has 0 spiro atoms. The van der Waals surface area contributed by atoms with Gasteiger partial charge in [0, 0.05) is 12.1 Å². The molecule has 0 aromatic heterocycles. The van der Waals surface area contributed by atoms with E-state index in [2.05, 4.69) is 5.32 Å². The average molecular weight is 235 g/mol. The van der Waals surface area contributed by atoms with Crippen LogP contribution in [0, 0.1) is 0 Å². The van der Waals surface area contributed by atoms with E-state index in [1.54, 1.807) is 18.2 Å². The second-order valence-electron chi connectivity index (χ2n) is 4.33. The third-order valence-corrected chi connectivity index (χ3v) is 2.91. The molecule has 0 unspecified atom stereocenters. The van der Waals surface area contributed by atoms with Crippen LogP contribution in [0.1, 0.15) is 25.7 Å². The fourth-order valence-electron chi connectivity index (χ4n) is 2.06. The van der Waals surface area contributed by atoms with Gasteiger partial charge in [0.25, 0.3) is 5.91 Å². The lowest BCUT2D eigenvalue weighted by Crippen LogP contribution is -2.36. The number of nitrogens with one attached hydrogen (secondary N) is 1. The monoisotopic (exact) mass is 235 g/mol. The van der Waals surface area contributed by atoms with Gasteiger partial charge in [0.2, 0.25) is 0 Å². The van der Waals surface area contributed by atoms with Crippen LogP contribution in [-0.2, 0) is 4.79 Å². The van der Waals surface area contributed by atoms with Crippen molar-refractivity contribution in [1.82, 2.24) is 5.32 Å². The highest BCUT2D eigenvalue weighted by atomic mass is 16.5. The number of phenols is 1. The highest BCUT2D eigenvalue weighted by Gasteiger charge is 2.17. The Kier molecular flexibility index (Phi) is 3.85. The highest BCUT2D eigenvalue weighted by molar-refractivity contribution is 5.77. The van der Waals surface area contributed by atoms with Crippen LogP contribution in [0.15, 0.2) is 24.3 Å². The summed E-state index contributed by atoms with van der Waals surface area (Å²) in [7, 11) is 0. The molecule has 17 heavy (non-hydrogen) atoms. The number of benzene rings is 1. The van der Waals surface area contributed by atoms with Gasteiger partial charge in [-0.3, -0.25) is 4.79 Å². The number of carbonyl (C=O) groups excluding carboxylic acids is 1. The Morgan fingerprint density at radius 2 is 2.18 bits per heavy atom. The van der Waals surface area contributed by atoms with Crippen molar-refractivity contribution < 1.29 is 14.6 Å². The SMILES string of the molecule is O=C(COc1cccc(O)c1)NC1CCCC1. The van der Waals surface area contributed by atoms with Gasteiger partial charge in [0.1, 0.15) is 11.5 Å². The molecule has 2 N–H and O–H groups in total. The molecule has 1 aromatic carbocycles. The molecule has 1 amide bonds. The van der Waals surface area contributed by atoms with Crippen molar-refractivity contribution in [3.05, 3.63) is 24.3 Å². The Hall–Kier alpha value is -1.71. The fourth-order valence-corrected chi connectivity index (χ4v) is 2.06. The third-order valence-electron chi connectivity index (χ3n) is 2.91. The van der Waals surface area contributed by atoms with Gasteiger partial charge in [0.15, 0.2) is 6.61 Å². The van der Waals surface area contributed by atoms with Crippen LogP contribution in [0.4, 0.5) is 0 Å². The summed E-state index contributed by atoms with van der Waals surface area (Å²) in [5.41, 5.74) is 0. The Morgan fingerprint density at radius 1 is 1.41 bits per heavy atom. The summed E-state index contributed by atoms with van der Waals surface area (Å²) < 4.78 is 5.29. The Labute approximate surface area is 101 Å². The minimum Gasteiger partial charge on any atom is -0.508 e. The number of ether oxygens (including phenoxy) is 1. The number of hydrogen-bond acceptors (Lipinski definition) is 3. The van der Waals surface area contributed by atoms with E-state index in [9.17, 15) is 9.90 Å². The van der Waals surface area contributed by atoms with Crippen LogP contribution in [0.3, 0.4) is 0 Å². The molecule has 4 nitrogen and oxygen atoms in total. The lowest BCUT2D eigenvalue weighted by atomic mass is 10.2. The van der Waals surface area contributed by atoms with E-state index < -0.39 is 0 Å². The Bertz CT molecular complexity index is 386. The first-order valence-electron chi connectivity index (χ1n) is 5.95. The molecule has 0 saturated heterocycles. The molecule has 92 valence electrons. The van der Waals surface area contributed by atoms with Crippen LogP contribution >= 0.6 is 0 Å². The quantitative estimate of drug-likeness (QED) is 0.837. The third kappa shape index (κ3) is 3.66. The van der Waals surface area contributed by atoms with Crippen molar-refractivity contribution in [2.75, 3.05) is 6.61 Å².